The Labute approximate surface area is 118 Å². The van der Waals surface area contributed by atoms with Crippen molar-refractivity contribution in [3.63, 3.8) is 0 Å². The SMILES string of the molecule is COc1cc2c(cc1OC)CN(c1cnccn1)CC2. The Morgan fingerprint density at radius 3 is 2.45 bits per heavy atom. The lowest BCUT2D eigenvalue weighted by atomic mass is 9.99. The number of anilines is 1. The molecular weight excluding hydrogens is 254 g/mol. The summed E-state index contributed by atoms with van der Waals surface area (Å²) in [4.78, 5) is 10.7. The highest BCUT2D eigenvalue weighted by atomic mass is 16.5. The molecule has 3 rings (SSSR count). The summed E-state index contributed by atoms with van der Waals surface area (Å²) >= 11 is 0. The van der Waals surface area contributed by atoms with Gasteiger partial charge in [-0.1, -0.05) is 0 Å². The second-order valence-electron chi connectivity index (χ2n) is 4.71. The average Bonchev–Trinajstić information content (AvgIpc) is 2.53. The van der Waals surface area contributed by atoms with Crippen LogP contribution in [-0.2, 0) is 13.0 Å². The van der Waals surface area contributed by atoms with Crippen LogP contribution >= 0.6 is 0 Å². The summed E-state index contributed by atoms with van der Waals surface area (Å²) in [6.45, 7) is 1.75. The molecular formula is C15H17N3O2. The first kappa shape index (κ1) is 12.7. The summed E-state index contributed by atoms with van der Waals surface area (Å²) in [5, 5.41) is 0. The molecule has 5 heteroatoms. The Balaban J connectivity index is 1.91. The lowest BCUT2D eigenvalue weighted by molar-refractivity contribution is 0.353. The van der Waals surface area contributed by atoms with Crippen LogP contribution < -0.4 is 14.4 Å². The van der Waals surface area contributed by atoms with E-state index in [0.717, 1.165) is 36.8 Å². The standard InChI is InChI=1S/C15H17N3O2/c1-19-13-7-11-3-6-18(15-9-16-4-5-17-15)10-12(11)8-14(13)20-2/h4-5,7-9H,3,6,10H2,1-2H3. The summed E-state index contributed by atoms with van der Waals surface area (Å²) < 4.78 is 10.7. The van der Waals surface area contributed by atoms with E-state index in [1.807, 2.05) is 0 Å². The van der Waals surface area contributed by atoms with Crippen molar-refractivity contribution in [1.29, 1.82) is 0 Å². The quantitative estimate of drug-likeness (QED) is 0.855. The average molecular weight is 271 g/mol. The minimum Gasteiger partial charge on any atom is -0.493 e. The monoisotopic (exact) mass is 271 g/mol. The smallest absolute Gasteiger partial charge is 0.161 e. The van der Waals surface area contributed by atoms with Gasteiger partial charge >= 0.3 is 0 Å². The molecule has 0 radical (unpaired) electrons. The fourth-order valence-corrected chi connectivity index (χ4v) is 2.53. The summed E-state index contributed by atoms with van der Waals surface area (Å²) in [5.41, 5.74) is 2.56. The maximum Gasteiger partial charge on any atom is 0.161 e. The summed E-state index contributed by atoms with van der Waals surface area (Å²) in [7, 11) is 3.33. The van der Waals surface area contributed by atoms with E-state index in [4.69, 9.17) is 9.47 Å². The van der Waals surface area contributed by atoms with E-state index in [-0.39, 0.29) is 0 Å². The molecule has 0 N–H and O–H groups in total. The second-order valence-corrected chi connectivity index (χ2v) is 4.71. The Kier molecular flexibility index (Phi) is 3.41. The third-order valence-electron chi connectivity index (χ3n) is 3.59. The van der Waals surface area contributed by atoms with Crippen molar-refractivity contribution in [3.05, 3.63) is 41.9 Å². The Hall–Kier alpha value is -2.30. The number of hydrogen-bond acceptors (Lipinski definition) is 5. The molecule has 0 bridgehead atoms. The molecule has 0 saturated carbocycles. The molecule has 2 aromatic rings. The third kappa shape index (κ3) is 2.27. The minimum atomic E-state index is 0.771. The molecule has 0 unspecified atom stereocenters. The largest absolute Gasteiger partial charge is 0.493 e. The zero-order chi connectivity index (χ0) is 13.9. The fourth-order valence-electron chi connectivity index (χ4n) is 2.53. The summed E-state index contributed by atoms with van der Waals surface area (Å²) in [6.07, 6.45) is 6.17. The normalized spacial score (nSPS) is 13.8. The molecule has 0 fully saturated rings. The lowest BCUT2D eigenvalue weighted by Gasteiger charge is -2.30. The van der Waals surface area contributed by atoms with Gasteiger partial charge in [0.2, 0.25) is 0 Å². The number of nitrogens with zero attached hydrogens (tertiary/aromatic N) is 3. The van der Waals surface area contributed by atoms with Crippen LogP contribution in [0, 0.1) is 0 Å². The predicted molar refractivity (Wildman–Crippen MR) is 76.3 cm³/mol. The molecule has 0 saturated heterocycles. The van der Waals surface area contributed by atoms with Crippen molar-refractivity contribution in [3.8, 4) is 11.5 Å². The summed E-state index contributed by atoms with van der Waals surface area (Å²) in [6, 6.07) is 4.12. The van der Waals surface area contributed by atoms with Crippen LogP contribution in [0.4, 0.5) is 5.82 Å². The molecule has 2 heterocycles. The van der Waals surface area contributed by atoms with E-state index in [0.29, 0.717) is 0 Å². The van der Waals surface area contributed by atoms with Gasteiger partial charge in [-0.2, -0.15) is 0 Å². The Bertz CT molecular complexity index is 602. The van der Waals surface area contributed by atoms with E-state index in [1.54, 1.807) is 32.8 Å². The number of ether oxygens (including phenoxy) is 2. The second kappa shape index (κ2) is 5.36. The molecule has 5 nitrogen and oxygen atoms in total. The lowest BCUT2D eigenvalue weighted by Crippen LogP contribution is -2.31. The molecule has 0 aliphatic carbocycles. The maximum atomic E-state index is 5.37. The number of rotatable bonds is 3. The first-order chi connectivity index (χ1) is 9.81. The molecule has 20 heavy (non-hydrogen) atoms. The van der Waals surface area contributed by atoms with Crippen molar-refractivity contribution in [1.82, 2.24) is 9.97 Å². The third-order valence-corrected chi connectivity index (χ3v) is 3.59. The van der Waals surface area contributed by atoms with Gasteiger partial charge < -0.3 is 14.4 Å². The van der Waals surface area contributed by atoms with Crippen LogP contribution in [0.25, 0.3) is 0 Å². The van der Waals surface area contributed by atoms with Crippen LogP contribution in [-0.4, -0.2) is 30.7 Å². The van der Waals surface area contributed by atoms with Crippen molar-refractivity contribution in [2.75, 3.05) is 25.7 Å². The summed E-state index contributed by atoms with van der Waals surface area (Å²) in [5.74, 6) is 2.47. The van der Waals surface area contributed by atoms with Crippen LogP contribution in [0.5, 0.6) is 11.5 Å². The van der Waals surface area contributed by atoms with E-state index in [2.05, 4.69) is 27.0 Å². The zero-order valence-electron chi connectivity index (χ0n) is 11.7. The molecule has 1 aromatic carbocycles. The van der Waals surface area contributed by atoms with E-state index in [9.17, 15) is 0 Å². The van der Waals surface area contributed by atoms with Crippen LogP contribution in [0.1, 0.15) is 11.1 Å². The minimum absolute atomic E-state index is 0.771. The molecule has 1 aliphatic rings. The number of aromatic nitrogens is 2. The van der Waals surface area contributed by atoms with Crippen molar-refractivity contribution in [2.45, 2.75) is 13.0 Å². The molecule has 1 aliphatic heterocycles. The van der Waals surface area contributed by atoms with Crippen molar-refractivity contribution >= 4 is 5.82 Å². The molecule has 0 spiro atoms. The molecule has 0 amide bonds. The Morgan fingerprint density at radius 1 is 1.05 bits per heavy atom. The van der Waals surface area contributed by atoms with Gasteiger partial charge in [-0.15, -0.1) is 0 Å². The van der Waals surface area contributed by atoms with Crippen molar-refractivity contribution < 1.29 is 9.47 Å². The van der Waals surface area contributed by atoms with E-state index >= 15 is 0 Å². The highest BCUT2D eigenvalue weighted by Gasteiger charge is 2.20. The van der Waals surface area contributed by atoms with Gasteiger partial charge in [0.25, 0.3) is 0 Å². The van der Waals surface area contributed by atoms with E-state index < -0.39 is 0 Å². The zero-order valence-corrected chi connectivity index (χ0v) is 11.7. The van der Waals surface area contributed by atoms with E-state index in [1.165, 1.54) is 11.1 Å². The van der Waals surface area contributed by atoms with Gasteiger partial charge in [-0.25, -0.2) is 4.98 Å². The highest BCUT2D eigenvalue weighted by molar-refractivity contribution is 5.51. The predicted octanol–water partition coefficient (Wildman–Crippen LogP) is 2.06. The van der Waals surface area contributed by atoms with Gasteiger partial charge in [0.05, 0.1) is 20.4 Å². The number of methoxy groups -OCH3 is 2. The topological polar surface area (TPSA) is 47.5 Å². The Morgan fingerprint density at radius 2 is 1.80 bits per heavy atom. The fraction of sp³-hybridized carbons (Fsp3) is 0.333. The number of fused-ring (bicyclic) bond motifs is 1. The van der Waals surface area contributed by atoms with Gasteiger partial charge in [-0.05, 0) is 29.7 Å². The highest BCUT2D eigenvalue weighted by Crippen LogP contribution is 2.33. The molecule has 0 atom stereocenters. The van der Waals surface area contributed by atoms with Crippen LogP contribution in [0.2, 0.25) is 0 Å². The van der Waals surface area contributed by atoms with Gasteiger partial charge in [0.1, 0.15) is 5.82 Å². The number of hydrogen-bond donors (Lipinski definition) is 0. The molecule has 1 aromatic heterocycles. The van der Waals surface area contributed by atoms with Crippen molar-refractivity contribution in [2.24, 2.45) is 0 Å². The first-order valence-corrected chi connectivity index (χ1v) is 6.56. The van der Waals surface area contributed by atoms with Crippen LogP contribution in [0.15, 0.2) is 30.7 Å². The van der Waals surface area contributed by atoms with Gasteiger partial charge in [0, 0.05) is 25.5 Å². The molecule has 104 valence electrons. The van der Waals surface area contributed by atoms with Gasteiger partial charge in [0.15, 0.2) is 11.5 Å². The van der Waals surface area contributed by atoms with Crippen LogP contribution in [0.3, 0.4) is 0 Å². The maximum absolute atomic E-state index is 5.37. The first-order valence-electron chi connectivity index (χ1n) is 6.56. The number of benzene rings is 1. The van der Waals surface area contributed by atoms with Gasteiger partial charge in [-0.3, -0.25) is 4.98 Å².